The molecule has 0 spiro atoms. The molecule has 0 saturated carbocycles. The van der Waals surface area contributed by atoms with Crippen molar-refractivity contribution in [3.05, 3.63) is 48.5 Å². The van der Waals surface area contributed by atoms with Gasteiger partial charge in [-0.2, -0.15) is 21.9 Å². The second-order valence-corrected chi connectivity index (χ2v) is 8.41. The van der Waals surface area contributed by atoms with Crippen LogP contribution in [0.2, 0.25) is 0 Å². The summed E-state index contributed by atoms with van der Waals surface area (Å²) in [6.45, 7) is 0. The molecular formula is C16H14N2Na2O8S2. The van der Waals surface area contributed by atoms with Gasteiger partial charge in [-0.3, -0.25) is 9.11 Å². The van der Waals surface area contributed by atoms with E-state index in [0.717, 1.165) is 12.1 Å². The zero-order valence-corrected chi connectivity index (χ0v) is 15.4. The van der Waals surface area contributed by atoms with Gasteiger partial charge >= 0.3 is 59.1 Å². The first-order chi connectivity index (χ1) is 13.0. The monoisotopic (exact) mass is 472 g/mol. The third kappa shape index (κ3) is 5.79. The first kappa shape index (κ1) is 27.0. The van der Waals surface area contributed by atoms with Gasteiger partial charge in [-0.15, -0.1) is 5.11 Å². The Kier molecular flexibility index (Phi) is 9.03. The van der Waals surface area contributed by atoms with E-state index in [1.807, 2.05) is 0 Å². The van der Waals surface area contributed by atoms with Gasteiger partial charge in [-0.05, 0) is 29.7 Å². The van der Waals surface area contributed by atoms with Crippen LogP contribution in [0.4, 0.5) is 11.4 Å². The van der Waals surface area contributed by atoms with Crippen molar-refractivity contribution in [2.45, 2.75) is 9.79 Å². The Hall–Kier alpha value is -1.06. The summed E-state index contributed by atoms with van der Waals surface area (Å²) < 4.78 is 64.7. The molecule has 0 saturated heterocycles. The summed E-state index contributed by atoms with van der Waals surface area (Å²) in [5, 5.41) is 27.3. The molecule has 0 fully saturated rings. The third-order valence-corrected chi connectivity index (χ3v) is 5.40. The van der Waals surface area contributed by atoms with E-state index >= 15 is 0 Å². The van der Waals surface area contributed by atoms with Crippen LogP contribution in [0, 0.1) is 0 Å². The van der Waals surface area contributed by atoms with E-state index in [9.17, 15) is 31.6 Å². The van der Waals surface area contributed by atoms with Crippen LogP contribution in [0.25, 0.3) is 10.8 Å². The average Bonchev–Trinajstić information content (AvgIpc) is 2.59. The molecule has 3 aromatic carbocycles. The molecule has 0 radical (unpaired) electrons. The molecule has 14 heteroatoms. The molecule has 0 unspecified atom stereocenters. The van der Waals surface area contributed by atoms with Gasteiger partial charge in [-0.25, -0.2) is 0 Å². The molecule has 0 amide bonds. The van der Waals surface area contributed by atoms with Gasteiger partial charge in [0.25, 0.3) is 20.2 Å². The number of hydrogen-bond donors (Lipinski definition) is 4. The van der Waals surface area contributed by atoms with Crippen LogP contribution < -0.4 is 0 Å². The molecule has 0 atom stereocenters. The van der Waals surface area contributed by atoms with E-state index in [-0.39, 0.29) is 69.9 Å². The maximum atomic E-state index is 11.7. The number of azo groups is 1. The van der Waals surface area contributed by atoms with E-state index in [0.29, 0.717) is 11.8 Å². The Morgan fingerprint density at radius 3 is 1.90 bits per heavy atom. The molecule has 10 nitrogen and oxygen atoms in total. The molecule has 3 rings (SSSR count). The summed E-state index contributed by atoms with van der Waals surface area (Å²) in [5.41, 5.74) is -0.344. The molecule has 0 bridgehead atoms. The van der Waals surface area contributed by atoms with Crippen LogP contribution in [0.15, 0.2) is 68.6 Å². The van der Waals surface area contributed by atoms with Crippen LogP contribution in [0.1, 0.15) is 0 Å². The van der Waals surface area contributed by atoms with Gasteiger partial charge in [0.05, 0.1) is 16.0 Å². The van der Waals surface area contributed by atoms with Gasteiger partial charge in [0, 0.05) is 6.07 Å². The van der Waals surface area contributed by atoms with Crippen molar-refractivity contribution in [3.8, 4) is 11.5 Å². The van der Waals surface area contributed by atoms with Gasteiger partial charge in [0.15, 0.2) is 5.75 Å². The number of rotatable bonds is 4. The Morgan fingerprint density at radius 1 is 0.767 bits per heavy atom. The van der Waals surface area contributed by atoms with Crippen molar-refractivity contribution in [3.63, 3.8) is 0 Å². The fourth-order valence-electron chi connectivity index (χ4n) is 2.48. The Bertz CT molecular complexity index is 1330. The number of benzene rings is 3. The molecule has 0 aliphatic heterocycles. The van der Waals surface area contributed by atoms with E-state index in [4.69, 9.17) is 4.55 Å². The standard InChI is InChI=1S/C16H12N2O8S2.2Na.2H/c19-12-8-11(27(21,22)23)6-9-7-13(28(24,25)26)15(16(20)14(9)12)18-17-10-4-2-1-3-5-10;;;;/h1-8,19-20H,(H,21,22,23)(H,24,25,26);;;;. The predicted molar refractivity (Wildman–Crippen MR) is 112 cm³/mol. The minimum absolute atomic E-state index is 0. The number of aromatic hydroxyl groups is 2. The van der Waals surface area contributed by atoms with Gasteiger partial charge < -0.3 is 10.2 Å². The number of fused-ring (bicyclic) bond motifs is 1. The summed E-state index contributed by atoms with van der Waals surface area (Å²) in [4.78, 5) is -1.61. The number of nitrogens with zero attached hydrogens (tertiary/aromatic N) is 2. The molecule has 0 aromatic heterocycles. The SMILES string of the molecule is O=S(=O)(O)c1cc(O)c2c(O)c(N=Nc3ccccc3)c(S(=O)(=O)O)cc2c1.[NaH].[NaH]. The number of phenolic OH excluding ortho intramolecular Hbond substituents is 2. The molecule has 0 aliphatic rings. The Labute approximate surface area is 215 Å². The summed E-state index contributed by atoms with van der Waals surface area (Å²) in [7, 11) is -9.65. The number of phenols is 2. The quantitative estimate of drug-likeness (QED) is 0.253. The molecule has 3 aromatic rings. The summed E-state index contributed by atoms with van der Waals surface area (Å²) in [5.74, 6) is -1.62. The van der Waals surface area contributed by atoms with Crippen molar-refractivity contribution >= 4 is 101 Å². The van der Waals surface area contributed by atoms with E-state index in [1.54, 1.807) is 30.3 Å². The zero-order chi connectivity index (χ0) is 20.7. The van der Waals surface area contributed by atoms with Crippen LogP contribution in [-0.2, 0) is 20.2 Å². The van der Waals surface area contributed by atoms with Crippen molar-refractivity contribution in [2.75, 3.05) is 0 Å². The fraction of sp³-hybridized carbons (Fsp3) is 0. The third-order valence-electron chi connectivity index (χ3n) is 3.70. The van der Waals surface area contributed by atoms with Crippen molar-refractivity contribution < 1.29 is 36.2 Å². The summed E-state index contributed by atoms with van der Waals surface area (Å²) in [6, 6.07) is 10.4. The second-order valence-electron chi connectivity index (χ2n) is 5.60. The van der Waals surface area contributed by atoms with Crippen molar-refractivity contribution in [2.24, 2.45) is 10.2 Å². The first-order valence-corrected chi connectivity index (χ1v) is 10.3. The van der Waals surface area contributed by atoms with Crippen molar-refractivity contribution in [1.82, 2.24) is 0 Å². The molecule has 0 aliphatic carbocycles. The van der Waals surface area contributed by atoms with E-state index in [2.05, 4.69) is 10.2 Å². The Balaban J connectivity index is 0.00000225. The predicted octanol–water partition coefficient (Wildman–Crippen LogP) is 1.86. The minimum atomic E-state index is -4.92. The summed E-state index contributed by atoms with van der Waals surface area (Å²) in [6.07, 6.45) is 0. The summed E-state index contributed by atoms with van der Waals surface area (Å²) >= 11 is 0. The molecule has 150 valence electrons. The normalized spacial score (nSPS) is 11.8. The zero-order valence-electron chi connectivity index (χ0n) is 13.8. The molecular weight excluding hydrogens is 458 g/mol. The van der Waals surface area contributed by atoms with Gasteiger partial charge in [0.1, 0.15) is 16.3 Å². The first-order valence-electron chi connectivity index (χ1n) is 7.43. The number of hydrogen-bond acceptors (Lipinski definition) is 8. The van der Waals surface area contributed by atoms with Crippen LogP contribution in [-0.4, -0.2) is 95.3 Å². The van der Waals surface area contributed by atoms with Gasteiger partial charge in [0.2, 0.25) is 0 Å². The maximum absolute atomic E-state index is 11.7. The molecule has 30 heavy (non-hydrogen) atoms. The van der Waals surface area contributed by atoms with Gasteiger partial charge in [-0.1, -0.05) is 18.2 Å². The molecule has 0 heterocycles. The van der Waals surface area contributed by atoms with Crippen LogP contribution in [0.5, 0.6) is 11.5 Å². The van der Waals surface area contributed by atoms with Crippen LogP contribution >= 0.6 is 0 Å². The topological polar surface area (TPSA) is 174 Å². The van der Waals surface area contributed by atoms with E-state index in [1.165, 1.54) is 0 Å². The van der Waals surface area contributed by atoms with Crippen LogP contribution in [0.3, 0.4) is 0 Å². The Morgan fingerprint density at radius 2 is 1.37 bits per heavy atom. The second kappa shape index (κ2) is 10.0. The fourth-order valence-corrected chi connectivity index (χ4v) is 3.68. The average molecular weight is 472 g/mol. The molecule has 4 N–H and O–H groups in total. The van der Waals surface area contributed by atoms with Crippen molar-refractivity contribution in [1.29, 1.82) is 0 Å². The van der Waals surface area contributed by atoms with E-state index < -0.39 is 47.2 Å².